The lowest BCUT2D eigenvalue weighted by molar-refractivity contribution is -0.141. The molecule has 1 aliphatic heterocycles. The standard InChI is InChI=1S/C14H18Cl2N2O3S/c15-10-2-3-11(16)12(8-10)22(21)7-6-18-5-1-4-14(20,9-18)13(17)19/h2-3,8,20H,1,4-7,9H2,(H2,17,19). The number of carbonyl (C=O) groups is 1. The first-order chi connectivity index (χ1) is 10.3. The number of nitrogens with two attached hydrogens (primary N) is 1. The fourth-order valence-electron chi connectivity index (χ4n) is 2.49. The van der Waals surface area contributed by atoms with E-state index < -0.39 is 22.3 Å². The maximum atomic E-state index is 12.3. The Hall–Kier alpha value is -0.660. The number of hydrogen-bond donors (Lipinski definition) is 2. The molecule has 2 unspecified atom stereocenters. The van der Waals surface area contributed by atoms with Crippen molar-refractivity contribution in [1.82, 2.24) is 4.90 Å². The van der Waals surface area contributed by atoms with Gasteiger partial charge in [-0.25, -0.2) is 0 Å². The molecule has 2 rings (SSSR count). The van der Waals surface area contributed by atoms with Crippen molar-refractivity contribution >= 4 is 39.9 Å². The molecule has 0 radical (unpaired) electrons. The van der Waals surface area contributed by atoms with Gasteiger partial charge in [0.15, 0.2) is 5.60 Å². The quantitative estimate of drug-likeness (QED) is 0.827. The molecule has 1 aliphatic rings. The molecule has 8 heteroatoms. The molecule has 2 atom stereocenters. The zero-order valence-electron chi connectivity index (χ0n) is 11.9. The SMILES string of the molecule is NC(=O)C1(O)CCCN(CCS(=O)c2cc(Cl)ccc2Cl)C1. The second-order valence-electron chi connectivity index (χ2n) is 5.40. The monoisotopic (exact) mass is 364 g/mol. The average Bonchev–Trinajstić information content (AvgIpc) is 2.47. The topological polar surface area (TPSA) is 83.6 Å². The number of hydrogen-bond acceptors (Lipinski definition) is 4. The number of amides is 1. The molecule has 0 bridgehead atoms. The Morgan fingerprint density at radius 1 is 1.45 bits per heavy atom. The summed E-state index contributed by atoms with van der Waals surface area (Å²) in [5.74, 6) is -0.370. The fourth-order valence-corrected chi connectivity index (χ4v) is 4.29. The van der Waals surface area contributed by atoms with E-state index in [2.05, 4.69) is 0 Å². The summed E-state index contributed by atoms with van der Waals surface area (Å²) in [5, 5.41) is 11.0. The molecular formula is C14H18Cl2N2O3S. The van der Waals surface area contributed by atoms with E-state index in [1.165, 1.54) is 0 Å². The summed E-state index contributed by atoms with van der Waals surface area (Å²) in [6.07, 6.45) is 1.03. The van der Waals surface area contributed by atoms with E-state index in [0.29, 0.717) is 40.1 Å². The first kappa shape index (κ1) is 17.7. The summed E-state index contributed by atoms with van der Waals surface area (Å²) in [6.45, 7) is 1.38. The van der Waals surface area contributed by atoms with Gasteiger partial charge >= 0.3 is 0 Å². The first-order valence-electron chi connectivity index (χ1n) is 6.90. The highest BCUT2D eigenvalue weighted by molar-refractivity contribution is 7.85. The maximum absolute atomic E-state index is 12.3. The molecule has 0 saturated carbocycles. The molecule has 122 valence electrons. The summed E-state index contributed by atoms with van der Waals surface area (Å²) < 4.78 is 12.3. The molecule has 1 amide bonds. The van der Waals surface area contributed by atoms with Gasteiger partial charge in [0.1, 0.15) is 0 Å². The molecule has 1 aromatic rings. The van der Waals surface area contributed by atoms with Crippen LogP contribution in [-0.2, 0) is 15.6 Å². The van der Waals surface area contributed by atoms with Crippen molar-refractivity contribution in [2.75, 3.05) is 25.4 Å². The van der Waals surface area contributed by atoms with Crippen LogP contribution in [-0.4, -0.2) is 51.1 Å². The van der Waals surface area contributed by atoms with Crippen LogP contribution in [0.3, 0.4) is 0 Å². The van der Waals surface area contributed by atoms with Crippen LogP contribution in [0.25, 0.3) is 0 Å². The molecular weight excluding hydrogens is 347 g/mol. The number of likely N-dealkylation sites (tertiary alicyclic amines) is 1. The Kier molecular flexibility index (Phi) is 5.85. The number of nitrogens with zero attached hydrogens (tertiary/aromatic N) is 1. The molecule has 3 N–H and O–H groups in total. The third-order valence-corrected chi connectivity index (χ3v) is 5.80. The second kappa shape index (κ2) is 7.27. The van der Waals surface area contributed by atoms with Crippen LogP contribution >= 0.6 is 23.2 Å². The molecule has 22 heavy (non-hydrogen) atoms. The minimum atomic E-state index is -1.49. The van der Waals surface area contributed by atoms with Crippen LogP contribution in [0.4, 0.5) is 0 Å². The fraction of sp³-hybridized carbons (Fsp3) is 0.500. The van der Waals surface area contributed by atoms with Gasteiger partial charge in [0, 0.05) is 23.9 Å². The molecule has 0 spiro atoms. The van der Waals surface area contributed by atoms with Crippen LogP contribution in [0.1, 0.15) is 12.8 Å². The normalized spacial score (nSPS) is 24.1. The minimum Gasteiger partial charge on any atom is -0.379 e. The van der Waals surface area contributed by atoms with Crippen LogP contribution in [0.15, 0.2) is 23.1 Å². The molecule has 1 aromatic carbocycles. The molecule has 1 fully saturated rings. The number of halogens is 2. The van der Waals surface area contributed by atoms with E-state index in [1.807, 2.05) is 4.90 Å². The molecule has 1 saturated heterocycles. The lowest BCUT2D eigenvalue weighted by atomic mass is 9.92. The van der Waals surface area contributed by atoms with Crippen LogP contribution in [0.2, 0.25) is 10.0 Å². The number of primary amides is 1. The van der Waals surface area contributed by atoms with Crippen molar-refractivity contribution < 1.29 is 14.1 Å². The van der Waals surface area contributed by atoms with Crippen molar-refractivity contribution in [1.29, 1.82) is 0 Å². The van der Waals surface area contributed by atoms with Crippen molar-refractivity contribution in [3.63, 3.8) is 0 Å². The molecule has 0 aliphatic carbocycles. The molecule has 1 heterocycles. The Morgan fingerprint density at radius 2 is 2.18 bits per heavy atom. The third kappa shape index (κ3) is 4.20. The number of β-amino-alcohol motifs (C(OH)–C–C–N with tert-alkyl or cyclic N) is 1. The van der Waals surface area contributed by atoms with E-state index in [-0.39, 0.29) is 6.54 Å². The van der Waals surface area contributed by atoms with E-state index in [9.17, 15) is 14.1 Å². The van der Waals surface area contributed by atoms with Crippen LogP contribution in [0, 0.1) is 0 Å². The summed E-state index contributed by atoms with van der Waals surface area (Å²) in [4.78, 5) is 13.7. The van der Waals surface area contributed by atoms with Gasteiger partial charge in [-0.2, -0.15) is 0 Å². The predicted molar refractivity (Wildman–Crippen MR) is 87.6 cm³/mol. The highest BCUT2D eigenvalue weighted by Crippen LogP contribution is 2.25. The number of carbonyl (C=O) groups excluding carboxylic acids is 1. The maximum Gasteiger partial charge on any atom is 0.250 e. The van der Waals surface area contributed by atoms with Gasteiger partial charge in [-0.1, -0.05) is 23.2 Å². The Bertz CT molecular complexity index is 599. The molecule has 0 aromatic heterocycles. The van der Waals surface area contributed by atoms with Crippen molar-refractivity contribution in [2.24, 2.45) is 5.73 Å². The third-order valence-electron chi connectivity index (χ3n) is 3.74. The Morgan fingerprint density at radius 3 is 2.86 bits per heavy atom. The summed E-state index contributed by atoms with van der Waals surface area (Å²) in [5.41, 5.74) is 3.75. The smallest absolute Gasteiger partial charge is 0.250 e. The van der Waals surface area contributed by atoms with Crippen molar-refractivity contribution in [3.8, 4) is 0 Å². The van der Waals surface area contributed by atoms with Crippen LogP contribution < -0.4 is 5.73 Å². The predicted octanol–water partition coefficient (Wildman–Crippen LogP) is 1.41. The second-order valence-corrected chi connectivity index (χ2v) is 7.78. The Labute approximate surface area is 141 Å². The van der Waals surface area contributed by atoms with Gasteiger partial charge in [0.05, 0.1) is 20.7 Å². The van der Waals surface area contributed by atoms with Crippen molar-refractivity contribution in [3.05, 3.63) is 28.2 Å². The highest BCUT2D eigenvalue weighted by atomic mass is 35.5. The van der Waals surface area contributed by atoms with Gasteiger partial charge in [-0.15, -0.1) is 0 Å². The zero-order chi connectivity index (χ0) is 16.3. The number of aliphatic hydroxyl groups is 1. The Balaban J connectivity index is 1.96. The van der Waals surface area contributed by atoms with E-state index >= 15 is 0 Å². The van der Waals surface area contributed by atoms with Gasteiger partial charge in [0.2, 0.25) is 0 Å². The number of rotatable bonds is 5. The summed E-state index contributed by atoms with van der Waals surface area (Å²) >= 11 is 11.9. The summed E-state index contributed by atoms with van der Waals surface area (Å²) in [7, 11) is -1.30. The zero-order valence-corrected chi connectivity index (χ0v) is 14.3. The first-order valence-corrected chi connectivity index (χ1v) is 8.97. The van der Waals surface area contributed by atoms with E-state index in [4.69, 9.17) is 28.9 Å². The largest absolute Gasteiger partial charge is 0.379 e. The van der Waals surface area contributed by atoms with Gasteiger partial charge < -0.3 is 10.8 Å². The van der Waals surface area contributed by atoms with Gasteiger partial charge in [-0.3, -0.25) is 13.9 Å². The van der Waals surface area contributed by atoms with Crippen LogP contribution in [0.5, 0.6) is 0 Å². The minimum absolute atomic E-state index is 0.169. The lowest BCUT2D eigenvalue weighted by Gasteiger charge is -2.36. The van der Waals surface area contributed by atoms with E-state index in [0.717, 1.165) is 6.54 Å². The number of benzene rings is 1. The van der Waals surface area contributed by atoms with Crippen molar-refractivity contribution in [2.45, 2.75) is 23.3 Å². The summed E-state index contributed by atoms with van der Waals surface area (Å²) in [6, 6.07) is 4.85. The number of piperidine rings is 1. The average molecular weight is 365 g/mol. The van der Waals surface area contributed by atoms with Gasteiger partial charge in [0.25, 0.3) is 5.91 Å². The highest BCUT2D eigenvalue weighted by Gasteiger charge is 2.38. The lowest BCUT2D eigenvalue weighted by Crippen LogP contribution is -2.56. The van der Waals surface area contributed by atoms with Gasteiger partial charge in [-0.05, 0) is 37.6 Å². The van der Waals surface area contributed by atoms with E-state index in [1.54, 1.807) is 18.2 Å². The molecule has 5 nitrogen and oxygen atoms in total.